The molecule has 0 aliphatic carbocycles. The largest absolute Gasteiger partial charge is 0.480 e. The fraction of sp³-hybridized carbons (Fsp3) is 0.643. The minimum Gasteiger partial charge on any atom is -0.480 e. The van der Waals surface area contributed by atoms with E-state index in [4.69, 9.17) is 5.73 Å². The highest BCUT2D eigenvalue weighted by Gasteiger charge is 2.56. The van der Waals surface area contributed by atoms with Gasteiger partial charge in [-0.05, 0) is 41.8 Å². The van der Waals surface area contributed by atoms with E-state index in [2.05, 4.69) is 0 Å². The second-order valence-corrected chi connectivity index (χ2v) is 9.34. The Hall–Kier alpha value is -0.720. The Labute approximate surface area is 134 Å². The molecule has 2 rings (SSSR count). The van der Waals surface area contributed by atoms with Crippen LogP contribution in [0.25, 0.3) is 0 Å². The molecule has 4 N–H and O–H groups in total. The fourth-order valence-electron chi connectivity index (χ4n) is 2.97. The number of carbonyl (C=O) groups is 1. The third kappa shape index (κ3) is 3.60. The molecule has 0 bridgehead atoms. The molecule has 1 saturated heterocycles. The highest BCUT2D eigenvalue weighted by molar-refractivity contribution is 7.61. The van der Waals surface area contributed by atoms with Gasteiger partial charge in [-0.1, -0.05) is 6.42 Å². The second kappa shape index (κ2) is 7.23. The van der Waals surface area contributed by atoms with Crippen molar-refractivity contribution in [2.45, 2.75) is 31.0 Å². The number of thiophene rings is 1. The maximum absolute atomic E-state index is 12.6. The Kier molecular flexibility index (Phi) is 5.80. The van der Waals surface area contributed by atoms with Crippen LogP contribution >= 0.6 is 18.7 Å². The summed E-state index contributed by atoms with van der Waals surface area (Å²) in [5.74, 6) is -1.16. The number of hydrogen-bond donors (Lipinski definition) is 3. The van der Waals surface area contributed by atoms with Crippen LogP contribution < -0.4 is 5.73 Å². The number of rotatable bonds is 7. The average molecular weight is 346 g/mol. The molecule has 1 aliphatic heterocycles. The molecule has 2 heterocycles. The van der Waals surface area contributed by atoms with Gasteiger partial charge in [0, 0.05) is 25.8 Å². The Morgan fingerprint density at radius 3 is 2.86 bits per heavy atom. The molecule has 1 aliphatic rings. The molecule has 0 radical (unpaired) electrons. The Morgan fingerprint density at radius 1 is 1.50 bits per heavy atom. The summed E-state index contributed by atoms with van der Waals surface area (Å²) in [4.78, 5) is 24.1. The van der Waals surface area contributed by atoms with Crippen molar-refractivity contribution in [3.63, 3.8) is 0 Å². The SMILES string of the molecule is NCCCCC1(C(=O)O)CN(Cc2ccsc2)CCP1(=O)O. The summed E-state index contributed by atoms with van der Waals surface area (Å²) in [6.45, 7) is 1.66. The van der Waals surface area contributed by atoms with E-state index in [0.29, 0.717) is 32.5 Å². The van der Waals surface area contributed by atoms with Gasteiger partial charge in [-0.3, -0.25) is 14.3 Å². The number of carboxylic acids is 1. The van der Waals surface area contributed by atoms with Crippen LogP contribution in [0.5, 0.6) is 0 Å². The molecule has 0 aromatic carbocycles. The van der Waals surface area contributed by atoms with Crippen molar-refractivity contribution >= 4 is 24.7 Å². The minimum absolute atomic E-state index is 0.0338. The van der Waals surface area contributed by atoms with Crippen LogP contribution in [0, 0.1) is 0 Å². The summed E-state index contributed by atoms with van der Waals surface area (Å²) in [6.07, 6.45) is 1.46. The maximum Gasteiger partial charge on any atom is 0.320 e. The fourth-order valence-corrected chi connectivity index (χ4v) is 5.83. The zero-order valence-electron chi connectivity index (χ0n) is 12.5. The van der Waals surface area contributed by atoms with E-state index < -0.39 is 18.5 Å². The second-order valence-electron chi connectivity index (χ2n) is 5.85. The standard InChI is InChI=1S/C14H23N2O4PS/c15-5-2-1-4-14(13(17)18)11-16(6-7-21(14,19)20)9-12-3-8-22-10-12/h3,8,10H,1-2,4-7,9,11,15H2,(H,17,18)(H,19,20). The van der Waals surface area contributed by atoms with Gasteiger partial charge in [-0.2, -0.15) is 11.3 Å². The van der Waals surface area contributed by atoms with Gasteiger partial charge in [0.1, 0.15) is 0 Å². The predicted octanol–water partition coefficient (Wildman–Crippen LogP) is 1.79. The van der Waals surface area contributed by atoms with E-state index >= 15 is 0 Å². The summed E-state index contributed by atoms with van der Waals surface area (Å²) < 4.78 is 12.6. The van der Waals surface area contributed by atoms with Gasteiger partial charge in [0.25, 0.3) is 0 Å². The molecule has 22 heavy (non-hydrogen) atoms. The Morgan fingerprint density at radius 2 is 2.27 bits per heavy atom. The molecule has 0 spiro atoms. The van der Waals surface area contributed by atoms with Crippen LogP contribution in [0.4, 0.5) is 0 Å². The molecule has 2 atom stereocenters. The van der Waals surface area contributed by atoms with E-state index in [0.717, 1.165) is 5.56 Å². The molecular formula is C14H23N2O4PS. The predicted molar refractivity (Wildman–Crippen MR) is 87.6 cm³/mol. The highest BCUT2D eigenvalue weighted by Crippen LogP contribution is 2.59. The van der Waals surface area contributed by atoms with E-state index in [1.807, 2.05) is 21.7 Å². The lowest BCUT2D eigenvalue weighted by Crippen LogP contribution is -2.53. The summed E-state index contributed by atoms with van der Waals surface area (Å²) in [5, 5.41) is 12.1. The first-order valence-electron chi connectivity index (χ1n) is 7.40. The van der Waals surface area contributed by atoms with E-state index in [9.17, 15) is 19.4 Å². The van der Waals surface area contributed by atoms with Crippen LogP contribution in [-0.2, 0) is 15.9 Å². The third-order valence-corrected chi connectivity index (χ3v) is 7.73. The van der Waals surface area contributed by atoms with Crippen molar-refractivity contribution in [3.8, 4) is 0 Å². The van der Waals surface area contributed by atoms with Gasteiger partial charge >= 0.3 is 5.97 Å². The molecule has 0 saturated carbocycles. The van der Waals surface area contributed by atoms with Crippen LogP contribution in [0.3, 0.4) is 0 Å². The molecule has 6 nitrogen and oxygen atoms in total. The first kappa shape index (κ1) is 17.6. The first-order chi connectivity index (χ1) is 10.4. The lowest BCUT2D eigenvalue weighted by molar-refractivity contribution is -0.141. The topological polar surface area (TPSA) is 104 Å². The number of aliphatic carboxylic acids is 1. The summed E-state index contributed by atoms with van der Waals surface area (Å²) in [7, 11) is -3.73. The van der Waals surface area contributed by atoms with E-state index in [1.165, 1.54) is 0 Å². The summed E-state index contributed by atoms with van der Waals surface area (Å²) in [5.41, 5.74) is 6.57. The van der Waals surface area contributed by atoms with Crippen molar-refractivity contribution in [2.24, 2.45) is 5.73 Å². The quantitative estimate of drug-likeness (QED) is 0.514. The molecule has 2 unspecified atom stereocenters. The Bertz CT molecular complexity index is 551. The van der Waals surface area contributed by atoms with Crippen molar-refractivity contribution in [2.75, 3.05) is 25.8 Å². The minimum atomic E-state index is -3.73. The van der Waals surface area contributed by atoms with Crippen LogP contribution in [0.15, 0.2) is 16.8 Å². The first-order valence-corrected chi connectivity index (χ1v) is 10.2. The number of hydrogen-bond acceptors (Lipinski definition) is 5. The number of nitrogens with zero attached hydrogens (tertiary/aromatic N) is 1. The maximum atomic E-state index is 12.6. The lowest BCUT2D eigenvalue weighted by Gasteiger charge is -2.42. The molecule has 8 heteroatoms. The van der Waals surface area contributed by atoms with Gasteiger partial charge < -0.3 is 15.7 Å². The van der Waals surface area contributed by atoms with Crippen molar-refractivity contribution < 1.29 is 19.4 Å². The van der Waals surface area contributed by atoms with E-state index in [1.54, 1.807) is 11.3 Å². The number of unbranched alkanes of at least 4 members (excludes halogenated alkanes) is 1. The van der Waals surface area contributed by atoms with Gasteiger partial charge in [0.2, 0.25) is 7.37 Å². The third-order valence-electron chi connectivity index (χ3n) is 4.30. The molecule has 1 aromatic rings. The zero-order valence-corrected chi connectivity index (χ0v) is 14.2. The van der Waals surface area contributed by atoms with Crippen LogP contribution in [-0.4, -0.2) is 51.8 Å². The number of nitrogens with two attached hydrogens (primary N) is 1. The highest BCUT2D eigenvalue weighted by atomic mass is 32.1. The lowest BCUT2D eigenvalue weighted by atomic mass is 9.99. The monoisotopic (exact) mass is 346 g/mol. The zero-order chi connectivity index (χ0) is 16.2. The van der Waals surface area contributed by atoms with Crippen molar-refractivity contribution in [1.29, 1.82) is 0 Å². The van der Waals surface area contributed by atoms with Gasteiger partial charge in [0.05, 0.1) is 0 Å². The Balaban J connectivity index is 2.18. The van der Waals surface area contributed by atoms with Gasteiger partial charge in [-0.25, -0.2) is 0 Å². The summed E-state index contributed by atoms with van der Waals surface area (Å²) in [6, 6.07) is 1.99. The average Bonchev–Trinajstić information content (AvgIpc) is 2.95. The summed E-state index contributed by atoms with van der Waals surface area (Å²) >= 11 is 1.59. The number of carboxylic acid groups (broad SMARTS) is 1. The van der Waals surface area contributed by atoms with Gasteiger partial charge in [-0.15, -0.1) is 0 Å². The normalized spacial score (nSPS) is 29.5. The van der Waals surface area contributed by atoms with Crippen LogP contribution in [0.1, 0.15) is 24.8 Å². The van der Waals surface area contributed by atoms with E-state index in [-0.39, 0.29) is 19.1 Å². The molecule has 124 valence electrons. The van der Waals surface area contributed by atoms with Crippen molar-refractivity contribution in [3.05, 3.63) is 22.4 Å². The molecular weight excluding hydrogens is 323 g/mol. The van der Waals surface area contributed by atoms with Crippen molar-refractivity contribution in [1.82, 2.24) is 4.90 Å². The molecule has 1 aromatic heterocycles. The molecule has 0 amide bonds. The smallest absolute Gasteiger partial charge is 0.320 e. The molecule has 1 fully saturated rings. The van der Waals surface area contributed by atoms with Gasteiger partial charge in [0.15, 0.2) is 5.16 Å². The van der Waals surface area contributed by atoms with Crippen LogP contribution in [0.2, 0.25) is 0 Å².